The molecular weight excluding hydrogens is 403 g/mol. The summed E-state index contributed by atoms with van der Waals surface area (Å²) >= 11 is 0. The molecule has 0 aromatic heterocycles. The summed E-state index contributed by atoms with van der Waals surface area (Å²) in [6.07, 6.45) is 4.12. The van der Waals surface area contributed by atoms with Crippen molar-refractivity contribution in [1.29, 1.82) is 0 Å². The summed E-state index contributed by atoms with van der Waals surface area (Å²) in [6, 6.07) is 0.516. The maximum atomic E-state index is 5.47. The molecule has 6 heteroatoms. The number of unbranched alkanes of at least 4 members (excludes halogenated alkanes) is 1. The Labute approximate surface area is 159 Å². The fraction of sp³-hybridized carbons (Fsp3) is 0.824. The number of aliphatic imine (C=N–C) groups is 1. The molecule has 0 radical (unpaired) electrons. The Bertz CT molecular complexity index is 343. The van der Waals surface area contributed by atoms with E-state index in [1.807, 2.05) is 13.1 Å². The number of morpholine rings is 1. The highest BCUT2D eigenvalue weighted by Crippen LogP contribution is 2.12. The molecule has 136 valence electrons. The minimum Gasteiger partial charge on any atom is -0.379 e. The minimum atomic E-state index is 0. The number of nitrogens with zero attached hydrogens (tertiary/aromatic N) is 3. The van der Waals surface area contributed by atoms with Crippen LogP contribution in [0, 0.1) is 5.92 Å². The number of allylic oxidation sites excluding steroid dienone is 1. The van der Waals surface area contributed by atoms with E-state index in [0.717, 1.165) is 58.2 Å². The highest BCUT2D eigenvalue weighted by atomic mass is 127. The molecule has 1 fully saturated rings. The monoisotopic (exact) mass is 438 g/mol. The summed E-state index contributed by atoms with van der Waals surface area (Å²) in [7, 11) is 3.95. The molecule has 1 aliphatic rings. The third kappa shape index (κ3) is 8.35. The molecule has 0 aromatic carbocycles. The van der Waals surface area contributed by atoms with E-state index < -0.39 is 0 Å². The minimum absolute atomic E-state index is 0. The Morgan fingerprint density at radius 1 is 1.39 bits per heavy atom. The topological polar surface area (TPSA) is 40.1 Å². The molecule has 0 aliphatic carbocycles. The lowest BCUT2D eigenvalue weighted by Gasteiger charge is -2.37. The lowest BCUT2D eigenvalue weighted by molar-refractivity contribution is 0.00742. The predicted molar refractivity (Wildman–Crippen MR) is 110 cm³/mol. The fourth-order valence-electron chi connectivity index (χ4n) is 2.85. The number of guanidine groups is 1. The first-order chi connectivity index (χ1) is 10.6. The van der Waals surface area contributed by atoms with E-state index in [1.54, 1.807) is 0 Å². The van der Waals surface area contributed by atoms with Crippen molar-refractivity contribution in [2.24, 2.45) is 10.9 Å². The largest absolute Gasteiger partial charge is 0.379 e. The second kappa shape index (κ2) is 13.0. The molecule has 0 amide bonds. The molecule has 1 atom stereocenters. The van der Waals surface area contributed by atoms with Crippen molar-refractivity contribution < 1.29 is 4.74 Å². The van der Waals surface area contributed by atoms with Gasteiger partial charge in [-0.2, -0.15) is 0 Å². The van der Waals surface area contributed by atoms with Crippen molar-refractivity contribution in [2.75, 3.05) is 53.5 Å². The van der Waals surface area contributed by atoms with Crippen molar-refractivity contribution >= 4 is 29.9 Å². The zero-order chi connectivity index (χ0) is 16.4. The quantitative estimate of drug-likeness (QED) is 0.208. The van der Waals surface area contributed by atoms with Crippen LogP contribution in [0.2, 0.25) is 0 Å². The van der Waals surface area contributed by atoms with Gasteiger partial charge in [0.15, 0.2) is 5.96 Å². The number of ether oxygens (including phenoxy) is 1. The number of rotatable bonds is 8. The summed E-state index contributed by atoms with van der Waals surface area (Å²) in [5.41, 5.74) is 0. The van der Waals surface area contributed by atoms with Crippen LogP contribution in [0.5, 0.6) is 0 Å². The zero-order valence-corrected chi connectivity index (χ0v) is 17.6. The van der Waals surface area contributed by atoms with Gasteiger partial charge in [-0.25, -0.2) is 0 Å². The fourth-order valence-corrected chi connectivity index (χ4v) is 2.85. The van der Waals surface area contributed by atoms with Crippen LogP contribution in [-0.2, 0) is 4.74 Å². The Kier molecular flexibility index (Phi) is 12.8. The molecule has 1 unspecified atom stereocenters. The third-order valence-corrected chi connectivity index (χ3v) is 4.23. The Hall–Kier alpha value is -0.340. The molecule has 1 heterocycles. The first kappa shape index (κ1) is 22.7. The van der Waals surface area contributed by atoms with E-state index in [9.17, 15) is 0 Å². The lowest BCUT2D eigenvalue weighted by Crippen LogP contribution is -2.52. The molecular formula is C17H35IN4O. The number of halogens is 1. The molecule has 1 rings (SSSR count). The van der Waals surface area contributed by atoms with Gasteiger partial charge in [0.1, 0.15) is 0 Å². The maximum Gasteiger partial charge on any atom is 0.193 e. The van der Waals surface area contributed by atoms with Gasteiger partial charge in [-0.3, -0.25) is 9.89 Å². The standard InChI is InChI=1S/C17H34N4O.HI/c1-6-7-8-9-20(5)17(18-4)19-14-16(15(2)3)21-10-12-22-13-11-21;/h6,15-16H,1,7-14H2,2-5H3,(H,18,19);1H. The Morgan fingerprint density at radius 2 is 2.04 bits per heavy atom. The van der Waals surface area contributed by atoms with E-state index in [-0.39, 0.29) is 24.0 Å². The molecule has 1 saturated heterocycles. The van der Waals surface area contributed by atoms with E-state index >= 15 is 0 Å². The van der Waals surface area contributed by atoms with Crippen LogP contribution in [-0.4, -0.2) is 75.3 Å². The van der Waals surface area contributed by atoms with Gasteiger partial charge in [-0.05, 0) is 18.8 Å². The number of hydrogen-bond acceptors (Lipinski definition) is 3. The highest BCUT2D eigenvalue weighted by molar-refractivity contribution is 14.0. The summed E-state index contributed by atoms with van der Waals surface area (Å²) in [4.78, 5) is 9.13. The van der Waals surface area contributed by atoms with E-state index in [2.05, 4.69) is 47.6 Å². The van der Waals surface area contributed by atoms with Crippen molar-refractivity contribution in [2.45, 2.75) is 32.7 Å². The first-order valence-corrected chi connectivity index (χ1v) is 8.44. The number of nitrogens with one attached hydrogen (secondary N) is 1. The Balaban J connectivity index is 0.00000484. The van der Waals surface area contributed by atoms with Gasteiger partial charge in [0.2, 0.25) is 0 Å². The third-order valence-electron chi connectivity index (χ3n) is 4.23. The summed E-state index contributed by atoms with van der Waals surface area (Å²) in [5.74, 6) is 1.58. The van der Waals surface area contributed by atoms with Crippen LogP contribution >= 0.6 is 24.0 Å². The summed E-state index contributed by atoms with van der Waals surface area (Å²) in [6.45, 7) is 14.0. The predicted octanol–water partition coefficient (Wildman–Crippen LogP) is 2.43. The average Bonchev–Trinajstić information content (AvgIpc) is 2.52. The Morgan fingerprint density at radius 3 is 2.57 bits per heavy atom. The normalized spacial score (nSPS) is 17.5. The van der Waals surface area contributed by atoms with Gasteiger partial charge < -0.3 is 15.0 Å². The van der Waals surface area contributed by atoms with Gasteiger partial charge >= 0.3 is 0 Å². The van der Waals surface area contributed by atoms with Crippen molar-refractivity contribution in [1.82, 2.24) is 15.1 Å². The molecule has 0 aromatic rings. The maximum absolute atomic E-state index is 5.47. The van der Waals surface area contributed by atoms with Crippen molar-refractivity contribution in [3.05, 3.63) is 12.7 Å². The van der Waals surface area contributed by atoms with Crippen LogP contribution < -0.4 is 5.32 Å². The van der Waals surface area contributed by atoms with Crippen LogP contribution in [0.25, 0.3) is 0 Å². The van der Waals surface area contributed by atoms with Gasteiger partial charge in [0.05, 0.1) is 13.2 Å². The van der Waals surface area contributed by atoms with Gasteiger partial charge in [-0.1, -0.05) is 19.9 Å². The molecule has 1 N–H and O–H groups in total. The van der Waals surface area contributed by atoms with Crippen molar-refractivity contribution in [3.8, 4) is 0 Å². The first-order valence-electron chi connectivity index (χ1n) is 8.44. The molecule has 1 aliphatic heterocycles. The van der Waals surface area contributed by atoms with Crippen LogP contribution in [0.3, 0.4) is 0 Å². The highest BCUT2D eigenvalue weighted by Gasteiger charge is 2.24. The smallest absolute Gasteiger partial charge is 0.193 e. The molecule has 23 heavy (non-hydrogen) atoms. The van der Waals surface area contributed by atoms with E-state index in [4.69, 9.17) is 4.74 Å². The second-order valence-corrected chi connectivity index (χ2v) is 6.24. The molecule has 0 saturated carbocycles. The second-order valence-electron chi connectivity index (χ2n) is 6.24. The zero-order valence-electron chi connectivity index (χ0n) is 15.3. The summed E-state index contributed by atoms with van der Waals surface area (Å²) < 4.78 is 5.47. The average molecular weight is 438 g/mol. The molecule has 0 bridgehead atoms. The molecule has 5 nitrogen and oxygen atoms in total. The van der Waals surface area contributed by atoms with E-state index in [0.29, 0.717) is 12.0 Å². The van der Waals surface area contributed by atoms with Crippen LogP contribution in [0.1, 0.15) is 26.7 Å². The number of hydrogen-bond donors (Lipinski definition) is 1. The molecule has 0 spiro atoms. The SMILES string of the molecule is C=CCCCN(C)C(=NC)NCC(C(C)C)N1CCOCC1.I. The van der Waals surface area contributed by atoms with Gasteiger partial charge in [0, 0.05) is 46.3 Å². The van der Waals surface area contributed by atoms with Gasteiger partial charge in [-0.15, -0.1) is 30.6 Å². The van der Waals surface area contributed by atoms with Gasteiger partial charge in [0.25, 0.3) is 0 Å². The lowest BCUT2D eigenvalue weighted by atomic mass is 10.0. The van der Waals surface area contributed by atoms with Crippen LogP contribution in [0.4, 0.5) is 0 Å². The summed E-state index contributed by atoms with van der Waals surface area (Å²) in [5, 5.41) is 3.54. The van der Waals surface area contributed by atoms with Crippen molar-refractivity contribution in [3.63, 3.8) is 0 Å². The van der Waals surface area contributed by atoms with Crippen LogP contribution in [0.15, 0.2) is 17.6 Å². The van der Waals surface area contributed by atoms with E-state index in [1.165, 1.54) is 0 Å².